The van der Waals surface area contributed by atoms with E-state index in [9.17, 15) is 14.9 Å². The molecule has 0 aliphatic rings. The van der Waals surface area contributed by atoms with Crippen LogP contribution in [-0.4, -0.2) is 15.7 Å². The Balaban J connectivity index is 2.72. The lowest BCUT2D eigenvalue weighted by atomic mass is 10.0. The molecule has 0 unspecified atom stereocenters. The number of Topliss-reactive ketones (excluding diaryl/α,β-unsaturated/α-hetero) is 1. The average molecular weight is 230 g/mol. The van der Waals surface area contributed by atoms with E-state index in [0.29, 0.717) is 16.5 Å². The number of nitrogens with zero attached hydrogens (tertiary/aromatic N) is 2. The molecule has 0 N–H and O–H groups in total. The monoisotopic (exact) mass is 230 g/mol. The van der Waals surface area contributed by atoms with Crippen molar-refractivity contribution in [1.82, 2.24) is 4.98 Å². The van der Waals surface area contributed by atoms with Crippen molar-refractivity contribution in [2.24, 2.45) is 0 Å². The molecule has 0 aliphatic carbocycles. The van der Waals surface area contributed by atoms with E-state index >= 15 is 0 Å². The van der Waals surface area contributed by atoms with E-state index in [4.69, 9.17) is 0 Å². The summed E-state index contributed by atoms with van der Waals surface area (Å²) in [6.07, 6.45) is 1.65. The number of benzene rings is 1. The number of carbonyl (C=O) groups excluding carboxylic acids is 1. The van der Waals surface area contributed by atoms with Crippen molar-refractivity contribution in [3.8, 4) is 0 Å². The van der Waals surface area contributed by atoms with Crippen LogP contribution in [0.5, 0.6) is 0 Å². The lowest BCUT2D eigenvalue weighted by Gasteiger charge is -2.04. The van der Waals surface area contributed by atoms with Crippen LogP contribution in [0.1, 0.15) is 12.5 Å². The zero-order valence-electron chi connectivity index (χ0n) is 9.21. The van der Waals surface area contributed by atoms with Crippen molar-refractivity contribution < 1.29 is 9.72 Å². The van der Waals surface area contributed by atoms with Gasteiger partial charge in [-0.05, 0) is 31.2 Å². The first-order valence-electron chi connectivity index (χ1n) is 5.10. The van der Waals surface area contributed by atoms with Gasteiger partial charge in [0.05, 0.1) is 15.8 Å². The Hall–Kier alpha value is -2.30. The van der Waals surface area contributed by atoms with Crippen LogP contribution in [0, 0.1) is 10.1 Å². The predicted octanol–water partition coefficient (Wildman–Crippen LogP) is 2.27. The second-order valence-corrected chi connectivity index (χ2v) is 3.78. The molecule has 17 heavy (non-hydrogen) atoms. The van der Waals surface area contributed by atoms with Gasteiger partial charge in [0, 0.05) is 18.2 Å². The largest absolute Gasteiger partial charge is 0.300 e. The molecule has 1 aromatic heterocycles. The first kappa shape index (κ1) is 11.2. The molecule has 0 radical (unpaired) electrons. The summed E-state index contributed by atoms with van der Waals surface area (Å²) in [7, 11) is 0. The van der Waals surface area contributed by atoms with Crippen LogP contribution >= 0.6 is 0 Å². The van der Waals surface area contributed by atoms with Gasteiger partial charge in [0.2, 0.25) is 0 Å². The van der Waals surface area contributed by atoms with Crippen molar-refractivity contribution in [3.05, 3.63) is 46.1 Å². The second kappa shape index (κ2) is 4.29. The molecule has 2 aromatic rings. The molecular formula is C12H10N2O3. The van der Waals surface area contributed by atoms with Gasteiger partial charge in [-0.2, -0.15) is 0 Å². The van der Waals surface area contributed by atoms with Gasteiger partial charge in [0.25, 0.3) is 5.69 Å². The molecule has 0 spiro atoms. The fourth-order valence-electron chi connectivity index (χ4n) is 1.81. The summed E-state index contributed by atoms with van der Waals surface area (Å²) in [5, 5.41) is 11.6. The Labute approximate surface area is 97.2 Å². The van der Waals surface area contributed by atoms with Crippen LogP contribution < -0.4 is 0 Å². The van der Waals surface area contributed by atoms with E-state index in [1.807, 2.05) is 0 Å². The number of nitro groups is 1. The molecule has 1 aromatic carbocycles. The molecular weight excluding hydrogens is 220 g/mol. The molecule has 0 fully saturated rings. The van der Waals surface area contributed by atoms with Crippen molar-refractivity contribution in [3.63, 3.8) is 0 Å². The number of rotatable bonds is 3. The normalized spacial score (nSPS) is 10.4. The minimum atomic E-state index is -0.456. The number of fused-ring (bicyclic) bond motifs is 1. The van der Waals surface area contributed by atoms with Gasteiger partial charge in [-0.25, -0.2) is 0 Å². The minimum Gasteiger partial charge on any atom is -0.300 e. The quantitative estimate of drug-likeness (QED) is 0.598. The molecule has 0 saturated carbocycles. The Morgan fingerprint density at radius 1 is 1.41 bits per heavy atom. The van der Waals surface area contributed by atoms with Gasteiger partial charge in [0.15, 0.2) is 0 Å². The highest BCUT2D eigenvalue weighted by molar-refractivity contribution is 5.91. The number of aromatic nitrogens is 1. The fraction of sp³-hybridized carbons (Fsp3) is 0.167. The van der Waals surface area contributed by atoms with Crippen molar-refractivity contribution in [2.45, 2.75) is 13.3 Å². The highest BCUT2D eigenvalue weighted by Gasteiger charge is 2.19. The SMILES string of the molecule is CC(=O)Cc1ccc2ncccc2c1[N+](=O)[O-]. The van der Waals surface area contributed by atoms with Gasteiger partial charge in [-0.3, -0.25) is 19.9 Å². The minimum absolute atomic E-state index is 0.0224. The fourth-order valence-corrected chi connectivity index (χ4v) is 1.81. The third kappa shape index (κ3) is 2.13. The van der Waals surface area contributed by atoms with Gasteiger partial charge in [0.1, 0.15) is 5.78 Å². The highest BCUT2D eigenvalue weighted by atomic mass is 16.6. The van der Waals surface area contributed by atoms with Crippen LogP contribution in [-0.2, 0) is 11.2 Å². The zero-order chi connectivity index (χ0) is 12.4. The molecule has 5 nitrogen and oxygen atoms in total. The van der Waals surface area contributed by atoms with E-state index in [1.165, 1.54) is 6.92 Å². The van der Waals surface area contributed by atoms with Crippen LogP contribution in [0.3, 0.4) is 0 Å². The van der Waals surface area contributed by atoms with E-state index < -0.39 is 4.92 Å². The summed E-state index contributed by atoms with van der Waals surface area (Å²) in [6, 6.07) is 6.58. The van der Waals surface area contributed by atoms with Gasteiger partial charge >= 0.3 is 0 Å². The molecule has 1 heterocycles. The van der Waals surface area contributed by atoms with Crippen LogP contribution in [0.2, 0.25) is 0 Å². The standard InChI is InChI=1S/C12H10N2O3/c1-8(15)7-9-4-5-11-10(3-2-6-13-11)12(9)14(16)17/h2-6H,7H2,1H3. The molecule has 86 valence electrons. The number of pyridine rings is 1. The van der Waals surface area contributed by atoms with Gasteiger partial charge in [-0.15, -0.1) is 0 Å². The first-order chi connectivity index (χ1) is 8.09. The Kier molecular flexibility index (Phi) is 2.82. The number of hydrogen-bond acceptors (Lipinski definition) is 4. The summed E-state index contributed by atoms with van der Waals surface area (Å²) >= 11 is 0. The van der Waals surface area contributed by atoms with Gasteiger partial charge in [-0.1, -0.05) is 0 Å². The summed E-state index contributed by atoms with van der Waals surface area (Å²) < 4.78 is 0. The number of hydrogen-bond donors (Lipinski definition) is 0. The maximum absolute atomic E-state index is 11.1. The van der Waals surface area contributed by atoms with Crippen LogP contribution in [0.4, 0.5) is 5.69 Å². The zero-order valence-corrected chi connectivity index (χ0v) is 9.21. The second-order valence-electron chi connectivity index (χ2n) is 3.78. The molecule has 2 rings (SSSR count). The molecule has 0 saturated heterocycles. The lowest BCUT2D eigenvalue weighted by molar-refractivity contribution is -0.383. The Bertz CT molecular complexity index is 608. The summed E-state index contributed by atoms with van der Waals surface area (Å²) in [5.41, 5.74) is 0.973. The third-order valence-electron chi connectivity index (χ3n) is 2.46. The third-order valence-corrected chi connectivity index (χ3v) is 2.46. The maximum Gasteiger partial charge on any atom is 0.282 e. The number of nitro benzene ring substituents is 1. The average Bonchev–Trinajstić information content (AvgIpc) is 2.27. The molecule has 0 atom stereocenters. The van der Waals surface area contributed by atoms with Crippen molar-refractivity contribution >= 4 is 22.4 Å². The van der Waals surface area contributed by atoms with E-state index in [-0.39, 0.29) is 17.9 Å². The topological polar surface area (TPSA) is 73.1 Å². The number of ketones is 1. The lowest BCUT2D eigenvalue weighted by Crippen LogP contribution is -2.02. The maximum atomic E-state index is 11.1. The van der Waals surface area contributed by atoms with Crippen molar-refractivity contribution in [1.29, 1.82) is 0 Å². The molecule has 5 heteroatoms. The van der Waals surface area contributed by atoms with Crippen LogP contribution in [0.15, 0.2) is 30.5 Å². The van der Waals surface area contributed by atoms with E-state index in [1.54, 1.807) is 30.5 Å². The smallest absolute Gasteiger partial charge is 0.282 e. The Morgan fingerprint density at radius 3 is 2.82 bits per heavy atom. The van der Waals surface area contributed by atoms with Crippen LogP contribution in [0.25, 0.3) is 10.9 Å². The van der Waals surface area contributed by atoms with Gasteiger partial charge < -0.3 is 0 Å². The highest BCUT2D eigenvalue weighted by Crippen LogP contribution is 2.28. The molecule has 0 bridgehead atoms. The molecule has 0 amide bonds. The predicted molar refractivity (Wildman–Crippen MR) is 62.8 cm³/mol. The summed E-state index contributed by atoms with van der Waals surface area (Å²) in [6.45, 7) is 1.41. The number of carbonyl (C=O) groups is 1. The van der Waals surface area contributed by atoms with E-state index in [2.05, 4.69) is 4.98 Å². The summed E-state index contributed by atoms with van der Waals surface area (Å²) in [4.78, 5) is 25.8. The van der Waals surface area contributed by atoms with Crippen molar-refractivity contribution in [2.75, 3.05) is 0 Å². The first-order valence-corrected chi connectivity index (χ1v) is 5.10. The molecule has 0 aliphatic heterocycles. The Morgan fingerprint density at radius 2 is 2.18 bits per heavy atom. The van der Waals surface area contributed by atoms with E-state index in [0.717, 1.165) is 0 Å². The summed E-state index contributed by atoms with van der Waals surface area (Å²) in [5.74, 6) is -0.101.